The SMILES string of the molecule is COc1cccc(N2CCO[C@H]2c2cn(Cc3ccccc3)nn2)c1. The molecular formula is C19H20N4O2. The van der Waals surface area contributed by atoms with Crippen molar-refractivity contribution in [3.63, 3.8) is 0 Å². The van der Waals surface area contributed by atoms with Gasteiger partial charge in [-0.05, 0) is 17.7 Å². The Balaban J connectivity index is 1.54. The summed E-state index contributed by atoms with van der Waals surface area (Å²) >= 11 is 0. The zero-order chi connectivity index (χ0) is 17.1. The number of ether oxygens (including phenoxy) is 2. The van der Waals surface area contributed by atoms with Crippen LogP contribution in [0.5, 0.6) is 5.75 Å². The minimum absolute atomic E-state index is 0.225. The normalized spacial score (nSPS) is 17.0. The van der Waals surface area contributed by atoms with Gasteiger partial charge >= 0.3 is 0 Å². The van der Waals surface area contributed by atoms with E-state index in [4.69, 9.17) is 9.47 Å². The lowest BCUT2D eigenvalue weighted by atomic mass is 10.2. The van der Waals surface area contributed by atoms with Gasteiger partial charge in [-0.3, -0.25) is 0 Å². The third-order valence-corrected chi connectivity index (χ3v) is 4.27. The molecule has 1 aliphatic rings. The first kappa shape index (κ1) is 15.7. The van der Waals surface area contributed by atoms with Crippen LogP contribution in [0.1, 0.15) is 17.5 Å². The van der Waals surface area contributed by atoms with Crippen LogP contribution in [0.3, 0.4) is 0 Å². The maximum atomic E-state index is 5.91. The van der Waals surface area contributed by atoms with Crippen molar-refractivity contribution in [3.8, 4) is 5.75 Å². The van der Waals surface area contributed by atoms with Crippen LogP contribution >= 0.6 is 0 Å². The van der Waals surface area contributed by atoms with Gasteiger partial charge in [0.05, 0.1) is 26.5 Å². The minimum atomic E-state index is -0.225. The molecule has 1 fully saturated rings. The topological polar surface area (TPSA) is 52.4 Å². The van der Waals surface area contributed by atoms with E-state index in [0.29, 0.717) is 13.2 Å². The lowest BCUT2D eigenvalue weighted by Crippen LogP contribution is -2.23. The molecule has 25 heavy (non-hydrogen) atoms. The Morgan fingerprint density at radius 3 is 2.88 bits per heavy atom. The van der Waals surface area contributed by atoms with Crippen LogP contribution in [0, 0.1) is 0 Å². The molecule has 0 radical (unpaired) electrons. The fourth-order valence-electron chi connectivity index (χ4n) is 3.04. The summed E-state index contributed by atoms with van der Waals surface area (Å²) in [7, 11) is 1.67. The number of benzene rings is 2. The molecule has 6 nitrogen and oxygen atoms in total. The number of aromatic nitrogens is 3. The predicted molar refractivity (Wildman–Crippen MR) is 94.6 cm³/mol. The highest BCUT2D eigenvalue weighted by Crippen LogP contribution is 2.32. The summed E-state index contributed by atoms with van der Waals surface area (Å²) in [5, 5.41) is 8.58. The molecule has 3 aromatic rings. The maximum absolute atomic E-state index is 5.91. The molecule has 1 atom stereocenters. The average molecular weight is 336 g/mol. The number of hydrogen-bond acceptors (Lipinski definition) is 5. The maximum Gasteiger partial charge on any atom is 0.177 e. The zero-order valence-corrected chi connectivity index (χ0v) is 14.1. The number of methoxy groups -OCH3 is 1. The zero-order valence-electron chi connectivity index (χ0n) is 14.1. The van der Waals surface area contributed by atoms with Crippen LogP contribution in [-0.2, 0) is 11.3 Å². The van der Waals surface area contributed by atoms with E-state index < -0.39 is 0 Å². The van der Waals surface area contributed by atoms with Gasteiger partial charge in [0.1, 0.15) is 11.4 Å². The fraction of sp³-hybridized carbons (Fsp3) is 0.263. The summed E-state index contributed by atoms with van der Waals surface area (Å²) in [6.07, 6.45) is 1.73. The number of hydrogen-bond donors (Lipinski definition) is 0. The Morgan fingerprint density at radius 2 is 2.04 bits per heavy atom. The molecule has 2 heterocycles. The third-order valence-electron chi connectivity index (χ3n) is 4.27. The molecule has 0 spiro atoms. The van der Waals surface area contributed by atoms with E-state index in [-0.39, 0.29) is 6.23 Å². The average Bonchev–Trinajstić information content (AvgIpc) is 3.32. The number of anilines is 1. The minimum Gasteiger partial charge on any atom is -0.497 e. The smallest absolute Gasteiger partial charge is 0.177 e. The van der Waals surface area contributed by atoms with Gasteiger partial charge in [-0.25, -0.2) is 4.68 Å². The second-order valence-corrected chi connectivity index (χ2v) is 5.94. The van der Waals surface area contributed by atoms with Crippen molar-refractivity contribution in [1.29, 1.82) is 0 Å². The van der Waals surface area contributed by atoms with Crippen LogP contribution in [-0.4, -0.2) is 35.3 Å². The number of rotatable bonds is 5. The molecular weight excluding hydrogens is 316 g/mol. The molecule has 0 bridgehead atoms. The quantitative estimate of drug-likeness (QED) is 0.717. The van der Waals surface area contributed by atoms with E-state index in [1.807, 2.05) is 47.3 Å². The van der Waals surface area contributed by atoms with Crippen LogP contribution in [0.4, 0.5) is 5.69 Å². The van der Waals surface area contributed by atoms with Crippen LogP contribution < -0.4 is 9.64 Å². The molecule has 2 aromatic carbocycles. The summed E-state index contributed by atoms with van der Waals surface area (Å²) < 4.78 is 13.1. The van der Waals surface area contributed by atoms with Gasteiger partial charge in [0.15, 0.2) is 6.23 Å². The summed E-state index contributed by atoms with van der Waals surface area (Å²) in [6.45, 7) is 2.16. The van der Waals surface area contributed by atoms with Crippen LogP contribution in [0.15, 0.2) is 60.8 Å². The molecule has 1 aliphatic heterocycles. The molecule has 0 saturated carbocycles. The predicted octanol–water partition coefficient (Wildman–Crippen LogP) is 2.87. The van der Waals surface area contributed by atoms with Crippen molar-refractivity contribution in [3.05, 3.63) is 72.1 Å². The first-order valence-electron chi connectivity index (χ1n) is 8.30. The molecule has 0 N–H and O–H groups in total. The van der Waals surface area contributed by atoms with Crippen molar-refractivity contribution in [2.75, 3.05) is 25.2 Å². The van der Waals surface area contributed by atoms with Gasteiger partial charge in [0.2, 0.25) is 0 Å². The van der Waals surface area contributed by atoms with E-state index in [0.717, 1.165) is 23.7 Å². The Morgan fingerprint density at radius 1 is 1.16 bits per heavy atom. The lowest BCUT2D eigenvalue weighted by molar-refractivity contribution is 0.110. The molecule has 6 heteroatoms. The first-order chi connectivity index (χ1) is 12.3. The monoisotopic (exact) mass is 336 g/mol. The highest BCUT2D eigenvalue weighted by atomic mass is 16.5. The fourth-order valence-corrected chi connectivity index (χ4v) is 3.04. The Bertz CT molecular complexity index is 834. The summed E-state index contributed by atoms with van der Waals surface area (Å²) in [5.41, 5.74) is 3.06. The summed E-state index contributed by atoms with van der Waals surface area (Å²) in [6, 6.07) is 18.2. The van der Waals surface area contributed by atoms with Crippen molar-refractivity contribution in [1.82, 2.24) is 15.0 Å². The van der Waals surface area contributed by atoms with E-state index in [2.05, 4.69) is 33.4 Å². The second kappa shape index (κ2) is 6.94. The van der Waals surface area contributed by atoms with Crippen molar-refractivity contribution >= 4 is 5.69 Å². The molecule has 0 aliphatic carbocycles. The van der Waals surface area contributed by atoms with Crippen LogP contribution in [0.2, 0.25) is 0 Å². The van der Waals surface area contributed by atoms with E-state index in [1.165, 1.54) is 5.56 Å². The van der Waals surface area contributed by atoms with Crippen LogP contribution in [0.25, 0.3) is 0 Å². The van der Waals surface area contributed by atoms with Crippen molar-refractivity contribution in [2.24, 2.45) is 0 Å². The molecule has 128 valence electrons. The Labute approximate surface area is 146 Å². The van der Waals surface area contributed by atoms with Gasteiger partial charge < -0.3 is 14.4 Å². The standard InChI is InChI=1S/C19H20N4O2/c1-24-17-9-5-8-16(12-17)23-10-11-25-19(23)18-14-22(21-20-18)13-15-6-3-2-4-7-15/h2-9,12,14,19H,10-11,13H2,1H3/t19-/m0/s1. The van der Waals surface area contributed by atoms with E-state index >= 15 is 0 Å². The summed E-state index contributed by atoms with van der Waals surface area (Å²) in [5.74, 6) is 0.830. The van der Waals surface area contributed by atoms with Gasteiger partial charge in [-0.2, -0.15) is 0 Å². The molecule has 0 unspecified atom stereocenters. The van der Waals surface area contributed by atoms with Crippen molar-refractivity contribution in [2.45, 2.75) is 12.8 Å². The second-order valence-electron chi connectivity index (χ2n) is 5.94. The van der Waals surface area contributed by atoms with Gasteiger partial charge in [-0.15, -0.1) is 5.10 Å². The first-order valence-corrected chi connectivity index (χ1v) is 8.30. The molecule has 4 rings (SSSR count). The lowest BCUT2D eigenvalue weighted by Gasteiger charge is -2.23. The highest BCUT2D eigenvalue weighted by molar-refractivity contribution is 5.52. The van der Waals surface area contributed by atoms with E-state index in [9.17, 15) is 0 Å². The number of nitrogens with zero attached hydrogens (tertiary/aromatic N) is 4. The van der Waals surface area contributed by atoms with Crippen molar-refractivity contribution < 1.29 is 9.47 Å². The van der Waals surface area contributed by atoms with Gasteiger partial charge in [0.25, 0.3) is 0 Å². The van der Waals surface area contributed by atoms with Gasteiger partial charge in [-0.1, -0.05) is 41.6 Å². The van der Waals surface area contributed by atoms with E-state index in [1.54, 1.807) is 7.11 Å². The largest absolute Gasteiger partial charge is 0.497 e. The Hall–Kier alpha value is -2.86. The third kappa shape index (κ3) is 3.34. The van der Waals surface area contributed by atoms with Gasteiger partial charge in [0, 0.05) is 18.3 Å². The Kier molecular flexibility index (Phi) is 4.35. The molecule has 1 saturated heterocycles. The molecule has 0 amide bonds. The highest BCUT2D eigenvalue weighted by Gasteiger charge is 2.29. The molecule has 1 aromatic heterocycles. The summed E-state index contributed by atoms with van der Waals surface area (Å²) in [4.78, 5) is 2.18.